The van der Waals surface area contributed by atoms with Crippen LogP contribution < -0.4 is 10.2 Å². The number of likely N-dealkylation sites (tertiary alicyclic amines) is 1. The Kier molecular flexibility index (Phi) is 8.25. The Morgan fingerprint density at radius 1 is 0.933 bits per heavy atom. The summed E-state index contributed by atoms with van der Waals surface area (Å²) in [6.45, 7) is 8.62. The molecule has 6 rings (SSSR count). The lowest BCUT2D eigenvalue weighted by Crippen LogP contribution is -2.62. The number of aromatic amines is 1. The predicted octanol–water partition coefficient (Wildman–Crippen LogP) is 6.80. The molecule has 2 N–H and O–H groups in total. The molecule has 0 bridgehead atoms. The summed E-state index contributed by atoms with van der Waals surface area (Å²) in [6, 6.07) is 26.5. The van der Waals surface area contributed by atoms with E-state index in [1.807, 2.05) is 66.4 Å². The molecule has 2 heterocycles. The maximum Gasteiger partial charge on any atom is 0.250 e. The Hall–Kier alpha value is -4.10. The number of nitrogens with zero attached hydrogens (tertiary/aromatic N) is 3. The molecule has 1 aliphatic heterocycles. The minimum Gasteiger partial charge on any atom is -0.378 e. The monoisotopic (exact) mass is 605 g/mol. The zero-order chi connectivity index (χ0) is 31.9. The van der Waals surface area contributed by atoms with Gasteiger partial charge in [-0.1, -0.05) is 62.4 Å². The molecule has 1 aromatic heterocycles. The molecule has 4 aromatic rings. The third-order valence-electron chi connectivity index (χ3n) is 10.6. The first kappa shape index (κ1) is 30.9. The molecular formula is C38H47N5O2. The Morgan fingerprint density at radius 2 is 1.58 bits per heavy atom. The fourth-order valence-electron chi connectivity index (χ4n) is 7.64. The second-order valence-electron chi connectivity index (χ2n) is 14.0. The van der Waals surface area contributed by atoms with Gasteiger partial charge in [-0.15, -0.1) is 0 Å². The van der Waals surface area contributed by atoms with Crippen molar-refractivity contribution in [2.75, 3.05) is 44.4 Å². The SMILES string of the molecule is Cc1[nH]c2ccccc2c1C1C(CC(=O)N(Cc2ccccc2)C2(C(=O)Nc3ccc(N(C)C)cc3)CCN(C)CC2)C1(C)C. The minimum atomic E-state index is -0.953. The van der Waals surface area contributed by atoms with Crippen molar-refractivity contribution < 1.29 is 9.59 Å². The number of aryl methyl sites for hydroxylation is 1. The van der Waals surface area contributed by atoms with Crippen LogP contribution in [0.4, 0.5) is 11.4 Å². The zero-order valence-corrected chi connectivity index (χ0v) is 27.6. The summed E-state index contributed by atoms with van der Waals surface area (Å²) in [4.78, 5) is 39.0. The lowest BCUT2D eigenvalue weighted by atomic mass is 9.83. The van der Waals surface area contributed by atoms with Gasteiger partial charge in [-0.25, -0.2) is 0 Å². The van der Waals surface area contributed by atoms with Gasteiger partial charge in [0.15, 0.2) is 0 Å². The smallest absolute Gasteiger partial charge is 0.250 e. The molecule has 2 fully saturated rings. The van der Waals surface area contributed by atoms with Gasteiger partial charge >= 0.3 is 0 Å². The van der Waals surface area contributed by atoms with Gasteiger partial charge in [0.2, 0.25) is 11.8 Å². The molecule has 2 atom stereocenters. The topological polar surface area (TPSA) is 71.7 Å². The molecule has 7 nitrogen and oxygen atoms in total. The van der Waals surface area contributed by atoms with Gasteiger partial charge in [-0.2, -0.15) is 0 Å². The van der Waals surface area contributed by atoms with Gasteiger partial charge in [-0.05, 0) is 85.5 Å². The number of benzene rings is 3. The third-order valence-corrected chi connectivity index (χ3v) is 10.6. The van der Waals surface area contributed by atoms with Crippen LogP contribution in [0, 0.1) is 18.3 Å². The number of amides is 2. The van der Waals surface area contributed by atoms with Crippen LogP contribution in [-0.2, 0) is 16.1 Å². The lowest BCUT2D eigenvalue weighted by molar-refractivity contribution is -0.150. The maximum atomic E-state index is 14.7. The standard InChI is InChI=1S/C38H47N5O2/c1-26-34(30-14-10-11-15-32(30)39-26)35-31(37(35,2)3)24-33(44)43(25-27-12-8-7-9-13-27)38(20-22-42(6)23-21-38)36(45)40-28-16-18-29(19-17-28)41(4)5/h7-19,31,35,39H,20-25H2,1-6H3,(H,40,45). The van der Waals surface area contributed by atoms with Crippen molar-refractivity contribution in [3.8, 4) is 0 Å². The minimum absolute atomic E-state index is 0.0276. The van der Waals surface area contributed by atoms with Crippen LogP contribution >= 0.6 is 0 Å². The van der Waals surface area contributed by atoms with Crippen molar-refractivity contribution >= 4 is 34.1 Å². The summed E-state index contributed by atoms with van der Waals surface area (Å²) in [5.41, 5.74) is 5.51. The van der Waals surface area contributed by atoms with Crippen LogP contribution in [0.15, 0.2) is 78.9 Å². The number of hydrogen-bond donors (Lipinski definition) is 2. The quantitative estimate of drug-likeness (QED) is 0.220. The van der Waals surface area contributed by atoms with Gasteiger partial charge in [0.25, 0.3) is 0 Å². The number of rotatable bonds is 9. The molecule has 0 radical (unpaired) electrons. The number of nitrogens with one attached hydrogen (secondary N) is 2. The molecule has 1 aliphatic carbocycles. The number of anilines is 2. The van der Waals surface area contributed by atoms with E-state index in [1.165, 1.54) is 16.6 Å². The fourth-order valence-corrected chi connectivity index (χ4v) is 7.64. The van der Waals surface area contributed by atoms with E-state index >= 15 is 0 Å². The highest BCUT2D eigenvalue weighted by Crippen LogP contribution is 2.67. The molecule has 2 amide bonds. The van der Waals surface area contributed by atoms with Crippen molar-refractivity contribution in [2.24, 2.45) is 11.3 Å². The number of para-hydroxylation sites is 1. The van der Waals surface area contributed by atoms with E-state index in [4.69, 9.17) is 0 Å². The van der Waals surface area contributed by atoms with Crippen LogP contribution in [0.3, 0.4) is 0 Å². The normalized spacial score (nSPS) is 20.5. The van der Waals surface area contributed by atoms with E-state index in [0.717, 1.165) is 35.5 Å². The molecule has 0 spiro atoms. The number of H-pyrrole nitrogens is 1. The highest BCUT2D eigenvalue weighted by atomic mass is 16.2. The van der Waals surface area contributed by atoms with Crippen molar-refractivity contribution in [1.29, 1.82) is 0 Å². The predicted molar refractivity (Wildman–Crippen MR) is 184 cm³/mol. The zero-order valence-electron chi connectivity index (χ0n) is 27.6. The molecule has 2 unspecified atom stereocenters. The highest BCUT2D eigenvalue weighted by Gasteiger charge is 2.60. The van der Waals surface area contributed by atoms with E-state index in [1.54, 1.807) is 0 Å². The largest absolute Gasteiger partial charge is 0.378 e. The summed E-state index contributed by atoms with van der Waals surface area (Å²) in [5, 5.41) is 4.47. The first-order chi connectivity index (χ1) is 21.5. The molecule has 236 valence electrons. The van der Waals surface area contributed by atoms with Crippen LogP contribution in [0.2, 0.25) is 0 Å². The van der Waals surface area contributed by atoms with Gasteiger partial charge < -0.3 is 25.0 Å². The molecule has 1 saturated heterocycles. The van der Waals surface area contributed by atoms with Crippen molar-refractivity contribution in [2.45, 2.75) is 58.0 Å². The first-order valence-corrected chi connectivity index (χ1v) is 16.2. The van der Waals surface area contributed by atoms with Gasteiger partial charge in [0, 0.05) is 68.1 Å². The molecular weight excluding hydrogens is 558 g/mol. The van der Waals surface area contributed by atoms with Gasteiger partial charge in [0.05, 0.1) is 0 Å². The average molecular weight is 606 g/mol. The maximum absolute atomic E-state index is 14.7. The summed E-state index contributed by atoms with van der Waals surface area (Å²) >= 11 is 0. The summed E-state index contributed by atoms with van der Waals surface area (Å²) < 4.78 is 0. The molecule has 3 aromatic carbocycles. The Bertz CT molecular complexity index is 1670. The van der Waals surface area contributed by atoms with Crippen molar-refractivity contribution in [3.63, 3.8) is 0 Å². The first-order valence-electron chi connectivity index (χ1n) is 16.2. The Labute approximate surface area is 267 Å². The molecule has 45 heavy (non-hydrogen) atoms. The van der Waals surface area contributed by atoms with Crippen LogP contribution in [0.5, 0.6) is 0 Å². The number of hydrogen-bond acceptors (Lipinski definition) is 4. The molecule has 7 heteroatoms. The van der Waals surface area contributed by atoms with Crippen LogP contribution in [0.1, 0.15) is 55.8 Å². The highest BCUT2D eigenvalue weighted by molar-refractivity contribution is 6.01. The van der Waals surface area contributed by atoms with Crippen LogP contribution in [0.25, 0.3) is 10.9 Å². The van der Waals surface area contributed by atoms with Gasteiger partial charge in [-0.3, -0.25) is 9.59 Å². The number of fused-ring (bicyclic) bond motifs is 1. The summed E-state index contributed by atoms with van der Waals surface area (Å²) in [7, 11) is 6.09. The van der Waals surface area contributed by atoms with Crippen LogP contribution in [-0.4, -0.2) is 66.4 Å². The third kappa shape index (κ3) is 5.86. The number of piperidine rings is 1. The molecule has 1 saturated carbocycles. The molecule has 2 aliphatic rings. The van der Waals surface area contributed by atoms with Gasteiger partial charge in [0.1, 0.15) is 5.54 Å². The second kappa shape index (κ2) is 12.0. The lowest BCUT2D eigenvalue weighted by Gasteiger charge is -2.47. The Balaban J connectivity index is 1.33. The van der Waals surface area contributed by atoms with E-state index in [9.17, 15) is 9.59 Å². The second-order valence-corrected chi connectivity index (χ2v) is 14.0. The number of aromatic nitrogens is 1. The average Bonchev–Trinajstić information content (AvgIpc) is 3.37. The number of carbonyl (C=O) groups excluding carboxylic acids is 2. The van der Waals surface area contributed by atoms with E-state index in [-0.39, 0.29) is 29.1 Å². The van der Waals surface area contributed by atoms with Crippen molar-refractivity contribution in [1.82, 2.24) is 14.8 Å². The van der Waals surface area contributed by atoms with E-state index in [2.05, 4.69) is 79.4 Å². The Morgan fingerprint density at radius 3 is 2.24 bits per heavy atom. The fraction of sp³-hybridized carbons (Fsp3) is 0.421. The van der Waals surface area contributed by atoms with Crippen molar-refractivity contribution in [3.05, 3.63) is 95.7 Å². The van der Waals surface area contributed by atoms with E-state index in [0.29, 0.717) is 25.8 Å². The van der Waals surface area contributed by atoms with E-state index < -0.39 is 5.54 Å². The number of carbonyl (C=O) groups is 2. The summed E-state index contributed by atoms with van der Waals surface area (Å²) in [6.07, 6.45) is 1.58. The summed E-state index contributed by atoms with van der Waals surface area (Å²) in [5.74, 6) is 0.413.